The van der Waals surface area contributed by atoms with Crippen molar-refractivity contribution in [2.24, 2.45) is 0 Å². The Morgan fingerprint density at radius 2 is 2.09 bits per heavy atom. The third kappa shape index (κ3) is 5.37. The van der Waals surface area contributed by atoms with Crippen molar-refractivity contribution in [3.05, 3.63) is 42.5 Å². The number of nitrogens with one attached hydrogen (secondary N) is 2. The van der Waals surface area contributed by atoms with Gasteiger partial charge in [-0.25, -0.2) is 4.98 Å². The van der Waals surface area contributed by atoms with Gasteiger partial charge >= 0.3 is 0 Å². The Bertz CT molecular complexity index is 594. The van der Waals surface area contributed by atoms with E-state index in [0.717, 1.165) is 36.6 Å². The minimum atomic E-state index is 0.631. The topological polar surface area (TPSA) is 51.1 Å². The molecule has 0 atom stereocenters. The van der Waals surface area contributed by atoms with Crippen molar-refractivity contribution in [3.8, 4) is 5.75 Å². The van der Waals surface area contributed by atoms with E-state index in [2.05, 4.69) is 20.2 Å². The van der Waals surface area contributed by atoms with Gasteiger partial charge in [-0.05, 0) is 56.8 Å². The Hall–Kier alpha value is -2.08. The summed E-state index contributed by atoms with van der Waals surface area (Å²) in [5.74, 6) is 0.863. The molecule has 0 aliphatic heterocycles. The number of benzene rings is 1. The highest BCUT2D eigenvalue weighted by molar-refractivity contribution is 7.80. The van der Waals surface area contributed by atoms with Gasteiger partial charge < -0.3 is 19.9 Å². The van der Waals surface area contributed by atoms with E-state index in [-0.39, 0.29) is 0 Å². The summed E-state index contributed by atoms with van der Waals surface area (Å²) in [6, 6.07) is 7.76. The fourth-order valence-electron chi connectivity index (χ4n) is 2.03. The van der Waals surface area contributed by atoms with Gasteiger partial charge in [-0.3, -0.25) is 0 Å². The van der Waals surface area contributed by atoms with Crippen LogP contribution in [0.2, 0.25) is 0 Å². The molecule has 0 radical (unpaired) electrons. The average molecular weight is 318 g/mol. The van der Waals surface area contributed by atoms with Gasteiger partial charge in [0.25, 0.3) is 0 Å². The van der Waals surface area contributed by atoms with Crippen LogP contribution in [0.25, 0.3) is 0 Å². The lowest BCUT2D eigenvalue weighted by Crippen LogP contribution is -2.29. The predicted octanol–water partition coefficient (Wildman–Crippen LogP) is 2.97. The van der Waals surface area contributed by atoms with Gasteiger partial charge in [-0.1, -0.05) is 0 Å². The van der Waals surface area contributed by atoms with Crippen molar-refractivity contribution < 1.29 is 4.74 Å². The number of imidazole rings is 1. The monoisotopic (exact) mass is 318 g/mol. The van der Waals surface area contributed by atoms with Gasteiger partial charge in [0.2, 0.25) is 0 Å². The first-order chi connectivity index (χ1) is 10.7. The van der Waals surface area contributed by atoms with E-state index >= 15 is 0 Å². The summed E-state index contributed by atoms with van der Waals surface area (Å²) in [5.41, 5.74) is 1.99. The predicted molar refractivity (Wildman–Crippen MR) is 93.4 cm³/mol. The standard InChI is InChI=1S/C16H22N4OS/c1-3-21-15-7-5-14(6-8-15)19-16(22)17-9-4-10-20-11-13(2)18-12-20/h5-8,11-12H,3-4,9-10H2,1-2H3,(H2,17,19,22). The quantitative estimate of drug-likeness (QED) is 0.607. The van der Waals surface area contributed by atoms with Gasteiger partial charge in [0, 0.05) is 25.0 Å². The molecule has 0 fully saturated rings. The fourth-order valence-corrected chi connectivity index (χ4v) is 2.25. The molecule has 118 valence electrons. The third-order valence-electron chi connectivity index (χ3n) is 3.06. The maximum Gasteiger partial charge on any atom is 0.170 e. The number of hydrogen-bond donors (Lipinski definition) is 2. The SMILES string of the molecule is CCOc1ccc(NC(=S)NCCCn2cnc(C)c2)cc1. The van der Waals surface area contributed by atoms with Crippen molar-refractivity contribution in [2.75, 3.05) is 18.5 Å². The number of thiocarbonyl (C=S) groups is 1. The smallest absolute Gasteiger partial charge is 0.170 e. The molecule has 0 spiro atoms. The zero-order valence-electron chi connectivity index (χ0n) is 13.0. The number of ether oxygens (including phenoxy) is 1. The third-order valence-corrected chi connectivity index (χ3v) is 3.31. The van der Waals surface area contributed by atoms with Crippen LogP contribution in [0.5, 0.6) is 5.75 Å². The molecule has 2 aromatic rings. The first kappa shape index (κ1) is 16.3. The summed E-state index contributed by atoms with van der Waals surface area (Å²) in [5, 5.41) is 6.99. The van der Waals surface area contributed by atoms with Crippen LogP contribution in [0.1, 0.15) is 19.0 Å². The molecular formula is C16H22N4OS. The molecule has 0 saturated heterocycles. The highest BCUT2D eigenvalue weighted by Gasteiger charge is 1.99. The average Bonchev–Trinajstić information content (AvgIpc) is 2.92. The second-order valence-corrected chi connectivity index (χ2v) is 5.35. The molecule has 5 nitrogen and oxygen atoms in total. The minimum absolute atomic E-state index is 0.631. The molecule has 0 aliphatic carbocycles. The highest BCUT2D eigenvalue weighted by atomic mass is 32.1. The van der Waals surface area contributed by atoms with Gasteiger partial charge in [-0.2, -0.15) is 0 Å². The van der Waals surface area contributed by atoms with Crippen LogP contribution in [0.15, 0.2) is 36.8 Å². The molecule has 0 aliphatic rings. The molecule has 1 aromatic carbocycles. The largest absolute Gasteiger partial charge is 0.494 e. The lowest BCUT2D eigenvalue weighted by molar-refractivity contribution is 0.340. The van der Waals surface area contributed by atoms with E-state index in [9.17, 15) is 0 Å². The van der Waals surface area contributed by atoms with Crippen molar-refractivity contribution >= 4 is 23.0 Å². The van der Waals surface area contributed by atoms with Crippen molar-refractivity contribution in [1.82, 2.24) is 14.9 Å². The van der Waals surface area contributed by atoms with Crippen molar-refractivity contribution in [1.29, 1.82) is 0 Å². The van der Waals surface area contributed by atoms with E-state index in [1.165, 1.54) is 0 Å². The Morgan fingerprint density at radius 3 is 2.73 bits per heavy atom. The van der Waals surface area contributed by atoms with Gasteiger partial charge in [0.1, 0.15) is 5.75 Å². The number of aromatic nitrogens is 2. The van der Waals surface area contributed by atoms with E-state index in [1.54, 1.807) is 0 Å². The number of anilines is 1. The molecule has 2 rings (SSSR count). The number of aryl methyl sites for hydroxylation is 2. The van der Waals surface area contributed by atoms with Crippen molar-refractivity contribution in [2.45, 2.75) is 26.8 Å². The Kier molecular flexibility index (Phi) is 6.21. The summed E-state index contributed by atoms with van der Waals surface area (Å²) < 4.78 is 7.49. The molecule has 0 bridgehead atoms. The van der Waals surface area contributed by atoms with E-state index < -0.39 is 0 Å². The van der Waals surface area contributed by atoms with Gasteiger partial charge in [-0.15, -0.1) is 0 Å². The first-order valence-corrected chi connectivity index (χ1v) is 7.84. The van der Waals surface area contributed by atoms with Crippen LogP contribution in [0.3, 0.4) is 0 Å². The molecule has 1 heterocycles. The normalized spacial score (nSPS) is 10.3. The van der Waals surface area contributed by atoms with Crippen LogP contribution in [-0.4, -0.2) is 27.8 Å². The molecular weight excluding hydrogens is 296 g/mol. The van der Waals surface area contributed by atoms with Gasteiger partial charge in [0.05, 0.1) is 18.6 Å². The fraction of sp³-hybridized carbons (Fsp3) is 0.375. The summed E-state index contributed by atoms with van der Waals surface area (Å²) >= 11 is 5.28. The van der Waals surface area contributed by atoms with E-state index in [1.807, 2.05) is 50.6 Å². The zero-order valence-corrected chi connectivity index (χ0v) is 13.8. The maximum atomic E-state index is 5.41. The van der Waals surface area contributed by atoms with Crippen molar-refractivity contribution in [3.63, 3.8) is 0 Å². The molecule has 6 heteroatoms. The lowest BCUT2D eigenvalue weighted by atomic mass is 10.3. The molecule has 22 heavy (non-hydrogen) atoms. The van der Waals surface area contributed by atoms with Crippen LogP contribution >= 0.6 is 12.2 Å². The molecule has 1 aromatic heterocycles. The molecule has 0 amide bonds. The number of rotatable bonds is 7. The Morgan fingerprint density at radius 1 is 1.32 bits per heavy atom. The summed E-state index contributed by atoms with van der Waals surface area (Å²) in [6.07, 6.45) is 4.88. The molecule has 2 N–H and O–H groups in total. The molecule has 0 saturated carbocycles. The summed E-state index contributed by atoms with van der Waals surface area (Å²) in [7, 11) is 0. The number of hydrogen-bond acceptors (Lipinski definition) is 3. The summed E-state index contributed by atoms with van der Waals surface area (Å²) in [6.45, 7) is 6.38. The summed E-state index contributed by atoms with van der Waals surface area (Å²) in [4.78, 5) is 4.20. The van der Waals surface area contributed by atoms with Crippen LogP contribution in [-0.2, 0) is 6.54 Å². The Balaban J connectivity index is 1.66. The highest BCUT2D eigenvalue weighted by Crippen LogP contribution is 2.15. The van der Waals surface area contributed by atoms with E-state index in [0.29, 0.717) is 11.7 Å². The Labute approximate surface area is 136 Å². The second kappa shape index (κ2) is 8.38. The second-order valence-electron chi connectivity index (χ2n) is 4.94. The van der Waals surface area contributed by atoms with Crippen LogP contribution in [0.4, 0.5) is 5.69 Å². The number of nitrogens with zero attached hydrogens (tertiary/aromatic N) is 2. The molecule has 0 unspecified atom stereocenters. The lowest BCUT2D eigenvalue weighted by Gasteiger charge is -2.11. The van der Waals surface area contributed by atoms with E-state index in [4.69, 9.17) is 17.0 Å². The van der Waals surface area contributed by atoms with Crippen LogP contribution < -0.4 is 15.4 Å². The zero-order chi connectivity index (χ0) is 15.8. The first-order valence-electron chi connectivity index (χ1n) is 7.43. The minimum Gasteiger partial charge on any atom is -0.494 e. The van der Waals surface area contributed by atoms with Gasteiger partial charge in [0.15, 0.2) is 5.11 Å². The maximum absolute atomic E-state index is 5.41. The van der Waals surface area contributed by atoms with Crippen LogP contribution in [0, 0.1) is 6.92 Å².